The van der Waals surface area contributed by atoms with Crippen molar-refractivity contribution in [3.63, 3.8) is 0 Å². The van der Waals surface area contributed by atoms with E-state index in [1.807, 2.05) is 17.0 Å². The molecule has 2 aliphatic heterocycles. The molecule has 3 aliphatic rings. The average Bonchev–Trinajstić information content (AvgIpc) is 3.03. The Hall–Kier alpha value is -1.88. The third kappa shape index (κ3) is 2.42. The van der Waals surface area contributed by atoms with Crippen molar-refractivity contribution in [1.82, 2.24) is 10.2 Å². The van der Waals surface area contributed by atoms with E-state index in [9.17, 15) is 14.7 Å². The van der Waals surface area contributed by atoms with Gasteiger partial charge in [0.15, 0.2) is 0 Å². The molecule has 4 rings (SSSR count). The third-order valence-corrected chi connectivity index (χ3v) is 6.03. The molecule has 24 heavy (non-hydrogen) atoms. The minimum Gasteiger partial charge on any atom is -0.392 e. The number of aliphatic hydroxyl groups excluding tert-OH is 1. The van der Waals surface area contributed by atoms with Gasteiger partial charge in [-0.3, -0.25) is 9.59 Å². The number of benzene rings is 1. The maximum Gasteiger partial charge on any atom is 0.230 e. The number of piperidine rings is 2. The molecule has 1 spiro atoms. The number of carbonyl (C=O) groups is 2. The van der Waals surface area contributed by atoms with Crippen molar-refractivity contribution in [2.45, 2.75) is 38.2 Å². The van der Waals surface area contributed by atoms with Gasteiger partial charge < -0.3 is 15.3 Å². The van der Waals surface area contributed by atoms with Gasteiger partial charge in [-0.15, -0.1) is 0 Å². The largest absolute Gasteiger partial charge is 0.392 e. The summed E-state index contributed by atoms with van der Waals surface area (Å²) in [6.07, 6.45) is 2.93. The fourth-order valence-electron chi connectivity index (χ4n) is 4.62. The lowest BCUT2D eigenvalue weighted by atomic mass is 9.71. The summed E-state index contributed by atoms with van der Waals surface area (Å²) in [7, 11) is 0. The van der Waals surface area contributed by atoms with E-state index in [1.54, 1.807) is 0 Å². The molecule has 0 radical (unpaired) electrons. The first-order chi connectivity index (χ1) is 11.6. The molecule has 1 aromatic carbocycles. The van der Waals surface area contributed by atoms with Crippen LogP contribution in [0.3, 0.4) is 0 Å². The van der Waals surface area contributed by atoms with Gasteiger partial charge in [0.2, 0.25) is 11.8 Å². The molecule has 2 N–H and O–H groups in total. The zero-order valence-electron chi connectivity index (χ0n) is 13.8. The van der Waals surface area contributed by atoms with Crippen molar-refractivity contribution in [1.29, 1.82) is 0 Å². The number of fused-ring (bicyclic) bond motifs is 1. The zero-order chi connectivity index (χ0) is 16.7. The summed E-state index contributed by atoms with van der Waals surface area (Å²) in [5, 5.41) is 13.3. The quantitative estimate of drug-likeness (QED) is 0.804. The molecule has 2 heterocycles. The van der Waals surface area contributed by atoms with Crippen LogP contribution in [0.2, 0.25) is 0 Å². The SMILES string of the molecule is O=C(C1Cc2ccccc2C1)N1CC[C@H](O)[C@@]2(CCCNC2=O)C1. The van der Waals surface area contributed by atoms with E-state index in [-0.39, 0.29) is 17.7 Å². The summed E-state index contributed by atoms with van der Waals surface area (Å²) in [5.41, 5.74) is 1.72. The number of nitrogens with zero attached hydrogens (tertiary/aromatic N) is 1. The number of aliphatic hydroxyl groups is 1. The van der Waals surface area contributed by atoms with Crippen LogP contribution in [-0.4, -0.2) is 47.6 Å². The van der Waals surface area contributed by atoms with Gasteiger partial charge in [0, 0.05) is 25.6 Å². The van der Waals surface area contributed by atoms with Gasteiger partial charge in [-0.05, 0) is 43.2 Å². The fraction of sp³-hybridized carbons (Fsp3) is 0.579. The molecule has 0 aromatic heterocycles. The van der Waals surface area contributed by atoms with Gasteiger partial charge in [-0.1, -0.05) is 24.3 Å². The Bertz CT molecular complexity index is 649. The van der Waals surface area contributed by atoms with Crippen molar-refractivity contribution in [2.75, 3.05) is 19.6 Å². The van der Waals surface area contributed by atoms with Crippen LogP contribution in [-0.2, 0) is 22.4 Å². The lowest BCUT2D eigenvalue weighted by Gasteiger charge is -2.47. The fourth-order valence-corrected chi connectivity index (χ4v) is 4.62. The maximum absolute atomic E-state index is 13.0. The standard InChI is InChI=1S/C19H24N2O3/c22-16-6-9-21(12-19(16)7-3-8-20-18(19)24)17(23)15-10-13-4-1-2-5-14(13)11-15/h1-2,4-5,15-16,22H,3,6-12H2,(H,20,24)/t16-,19+/m0/s1. The smallest absolute Gasteiger partial charge is 0.230 e. The van der Waals surface area contributed by atoms with Crippen molar-refractivity contribution in [2.24, 2.45) is 11.3 Å². The Labute approximate surface area is 142 Å². The Morgan fingerprint density at radius 2 is 1.96 bits per heavy atom. The van der Waals surface area contributed by atoms with E-state index < -0.39 is 11.5 Å². The molecule has 2 saturated heterocycles. The van der Waals surface area contributed by atoms with E-state index in [0.29, 0.717) is 32.5 Å². The van der Waals surface area contributed by atoms with Crippen LogP contribution < -0.4 is 5.32 Å². The minimum atomic E-state index is -0.808. The number of rotatable bonds is 1. The van der Waals surface area contributed by atoms with Crippen LogP contribution in [0.25, 0.3) is 0 Å². The van der Waals surface area contributed by atoms with E-state index in [0.717, 1.165) is 19.3 Å². The molecule has 128 valence electrons. The number of carbonyl (C=O) groups excluding carboxylic acids is 2. The third-order valence-electron chi connectivity index (χ3n) is 6.03. The molecule has 0 saturated carbocycles. The van der Waals surface area contributed by atoms with Gasteiger partial charge in [0.1, 0.15) is 0 Å². The molecule has 5 nitrogen and oxygen atoms in total. The van der Waals surface area contributed by atoms with E-state index in [4.69, 9.17) is 0 Å². The molecule has 0 bridgehead atoms. The molecule has 1 aliphatic carbocycles. The zero-order valence-corrected chi connectivity index (χ0v) is 13.8. The van der Waals surface area contributed by atoms with Gasteiger partial charge in [-0.25, -0.2) is 0 Å². The number of nitrogens with one attached hydrogen (secondary N) is 1. The number of hydrogen-bond donors (Lipinski definition) is 2. The first-order valence-corrected chi connectivity index (χ1v) is 8.92. The molecule has 0 unspecified atom stereocenters. The summed E-state index contributed by atoms with van der Waals surface area (Å²) >= 11 is 0. The Kier molecular flexibility index (Phi) is 3.83. The summed E-state index contributed by atoms with van der Waals surface area (Å²) in [5.74, 6) is 0.0191. The van der Waals surface area contributed by atoms with Gasteiger partial charge in [0.05, 0.1) is 11.5 Å². The van der Waals surface area contributed by atoms with Gasteiger partial charge in [0.25, 0.3) is 0 Å². The molecule has 2 amide bonds. The van der Waals surface area contributed by atoms with Gasteiger partial charge in [-0.2, -0.15) is 0 Å². The summed E-state index contributed by atoms with van der Waals surface area (Å²) in [6, 6.07) is 8.23. The second kappa shape index (κ2) is 5.88. The van der Waals surface area contributed by atoms with Gasteiger partial charge >= 0.3 is 0 Å². The van der Waals surface area contributed by atoms with Crippen LogP contribution in [0.4, 0.5) is 0 Å². The lowest BCUT2D eigenvalue weighted by Crippen LogP contribution is -2.62. The first-order valence-electron chi connectivity index (χ1n) is 8.92. The van der Waals surface area contributed by atoms with E-state index in [1.165, 1.54) is 11.1 Å². The predicted octanol–water partition coefficient (Wildman–Crippen LogP) is 0.891. The van der Waals surface area contributed by atoms with E-state index in [2.05, 4.69) is 17.4 Å². The predicted molar refractivity (Wildman–Crippen MR) is 89.2 cm³/mol. The highest BCUT2D eigenvalue weighted by Gasteiger charge is 2.51. The minimum absolute atomic E-state index is 0.0265. The lowest BCUT2D eigenvalue weighted by molar-refractivity contribution is -0.156. The van der Waals surface area contributed by atoms with Crippen LogP contribution in [0.15, 0.2) is 24.3 Å². The Balaban J connectivity index is 1.51. The number of amides is 2. The van der Waals surface area contributed by atoms with Crippen molar-refractivity contribution >= 4 is 11.8 Å². The van der Waals surface area contributed by atoms with Crippen LogP contribution >= 0.6 is 0 Å². The molecule has 5 heteroatoms. The number of likely N-dealkylation sites (tertiary alicyclic amines) is 1. The molecular weight excluding hydrogens is 304 g/mol. The average molecular weight is 328 g/mol. The number of hydrogen-bond acceptors (Lipinski definition) is 3. The topological polar surface area (TPSA) is 69.6 Å². The second-order valence-corrected chi connectivity index (χ2v) is 7.45. The van der Waals surface area contributed by atoms with E-state index >= 15 is 0 Å². The second-order valence-electron chi connectivity index (χ2n) is 7.45. The highest BCUT2D eigenvalue weighted by molar-refractivity contribution is 5.86. The van der Waals surface area contributed by atoms with Crippen LogP contribution in [0.1, 0.15) is 30.4 Å². The first kappa shape index (κ1) is 15.6. The van der Waals surface area contributed by atoms with Crippen molar-refractivity contribution in [3.05, 3.63) is 35.4 Å². The Morgan fingerprint density at radius 3 is 2.62 bits per heavy atom. The molecular formula is C19H24N2O3. The molecule has 2 atom stereocenters. The van der Waals surface area contributed by atoms with Crippen molar-refractivity contribution < 1.29 is 14.7 Å². The monoisotopic (exact) mass is 328 g/mol. The molecule has 1 aromatic rings. The maximum atomic E-state index is 13.0. The Morgan fingerprint density at radius 1 is 1.25 bits per heavy atom. The van der Waals surface area contributed by atoms with Crippen LogP contribution in [0.5, 0.6) is 0 Å². The summed E-state index contributed by atoms with van der Waals surface area (Å²) in [4.78, 5) is 27.3. The van der Waals surface area contributed by atoms with Crippen LogP contribution in [0, 0.1) is 11.3 Å². The molecule has 2 fully saturated rings. The normalized spacial score (nSPS) is 30.3. The van der Waals surface area contributed by atoms with Crippen molar-refractivity contribution in [3.8, 4) is 0 Å². The summed E-state index contributed by atoms with van der Waals surface area (Å²) in [6.45, 7) is 1.56. The highest BCUT2D eigenvalue weighted by atomic mass is 16.3. The summed E-state index contributed by atoms with van der Waals surface area (Å²) < 4.78 is 0. The highest BCUT2D eigenvalue weighted by Crippen LogP contribution is 2.38.